The molecule has 0 aliphatic carbocycles. The summed E-state index contributed by atoms with van der Waals surface area (Å²) < 4.78 is 12.9. The number of rotatable bonds is 7. The van der Waals surface area contributed by atoms with Crippen molar-refractivity contribution in [2.75, 3.05) is 7.11 Å². The van der Waals surface area contributed by atoms with Crippen LogP contribution < -0.4 is 14.8 Å². The minimum Gasteiger partial charge on any atom is -0.497 e. The number of aromatic nitrogens is 3. The Balaban J connectivity index is 1.55. The molecule has 0 bridgehead atoms. The van der Waals surface area contributed by atoms with Crippen LogP contribution in [-0.4, -0.2) is 33.9 Å². The van der Waals surface area contributed by atoms with E-state index < -0.39 is 6.10 Å². The van der Waals surface area contributed by atoms with E-state index in [9.17, 15) is 4.79 Å². The first-order valence-corrected chi connectivity index (χ1v) is 10.4. The number of aryl methyl sites for hydroxylation is 2. The molecule has 4 rings (SSSR count). The second-order valence-corrected chi connectivity index (χ2v) is 7.61. The largest absolute Gasteiger partial charge is 0.497 e. The number of fused-ring (bicyclic) bond motifs is 1. The number of benzene rings is 2. The number of carbonyl (C=O) groups excluding carboxylic acids is 1. The Morgan fingerprint density at radius 2 is 1.91 bits per heavy atom. The Labute approximate surface area is 187 Å². The average molecular weight is 431 g/mol. The molecule has 1 atom stereocenters. The third-order valence-corrected chi connectivity index (χ3v) is 5.30. The summed E-state index contributed by atoms with van der Waals surface area (Å²) >= 11 is 0. The van der Waals surface area contributed by atoms with Crippen LogP contribution in [0.15, 0.2) is 60.7 Å². The molecule has 0 aliphatic rings. The predicted molar refractivity (Wildman–Crippen MR) is 124 cm³/mol. The van der Waals surface area contributed by atoms with Crippen LogP contribution in [0.5, 0.6) is 11.6 Å². The lowest BCUT2D eigenvalue weighted by Crippen LogP contribution is -2.36. The lowest BCUT2D eigenvalue weighted by atomic mass is 10.0. The summed E-state index contributed by atoms with van der Waals surface area (Å²) in [7, 11) is 3.47. The molecule has 4 aromatic rings. The highest BCUT2D eigenvalue weighted by Gasteiger charge is 2.19. The normalized spacial score (nSPS) is 11.9. The van der Waals surface area contributed by atoms with Crippen LogP contribution in [0, 0.1) is 6.92 Å². The number of carbonyl (C=O) groups is 1. The quantitative estimate of drug-likeness (QED) is 0.479. The number of hydrogen-bond acceptors (Lipinski definition) is 5. The van der Waals surface area contributed by atoms with Crippen molar-refractivity contribution < 1.29 is 14.3 Å². The van der Waals surface area contributed by atoms with Gasteiger partial charge in [0, 0.05) is 19.7 Å². The Hall–Kier alpha value is -3.87. The highest BCUT2D eigenvalue weighted by atomic mass is 16.5. The molecule has 0 saturated carbocycles. The topological polar surface area (TPSA) is 78.3 Å². The minimum absolute atomic E-state index is 0.225. The molecule has 164 valence electrons. The van der Waals surface area contributed by atoms with Crippen molar-refractivity contribution in [1.29, 1.82) is 0 Å². The average Bonchev–Trinajstić information content (AvgIpc) is 3.10. The van der Waals surface area contributed by atoms with Crippen molar-refractivity contribution in [3.8, 4) is 22.8 Å². The summed E-state index contributed by atoms with van der Waals surface area (Å²) in [5, 5.41) is 8.40. The number of methoxy groups -OCH3 is 1. The van der Waals surface area contributed by atoms with Crippen LogP contribution in [0.25, 0.3) is 22.2 Å². The van der Waals surface area contributed by atoms with Gasteiger partial charge in [-0.1, -0.05) is 42.5 Å². The van der Waals surface area contributed by atoms with Crippen LogP contribution in [0.3, 0.4) is 0 Å². The number of ether oxygens (including phenoxy) is 2. The van der Waals surface area contributed by atoms with E-state index in [1.54, 1.807) is 18.7 Å². The third-order valence-electron chi connectivity index (χ3n) is 5.30. The SMILES string of the molecule is COc1cccc(CNC(=O)[C@@H](C)Oc2cc(-c3ccccc3)c3c(C)nn(C)c3n2)c1. The van der Waals surface area contributed by atoms with Gasteiger partial charge < -0.3 is 14.8 Å². The molecule has 2 heterocycles. The fourth-order valence-electron chi connectivity index (χ4n) is 3.68. The van der Waals surface area contributed by atoms with Crippen LogP contribution >= 0.6 is 0 Å². The van der Waals surface area contributed by atoms with Gasteiger partial charge in [0.25, 0.3) is 5.91 Å². The first-order valence-electron chi connectivity index (χ1n) is 10.4. The minimum atomic E-state index is -0.719. The Morgan fingerprint density at radius 3 is 2.66 bits per heavy atom. The van der Waals surface area contributed by atoms with E-state index in [0.717, 1.165) is 33.5 Å². The monoisotopic (exact) mass is 430 g/mol. The van der Waals surface area contributed by atoms with Crippen molar-refractivity contribution >= 4 is 16.9 Å². The zero-order valence-electron chi connectivity index (χ0n) is 18.6. The van der Waals surface area contributed by atoms with Gasteiger partial charge in [0.1, 0.15) is 5.75 Å². The van der Waals surface area contributed by atoms with Crippen molar-refractivity contribution in [3.63, 3.8) is 0 Å². The lowest BCUT2D eigenvalue weighted by molar-refractivity contribution is -0.127. The number of hydrogen-bond donors (Lipinski definition) is 1. The van der Waals surface area contributed by atoms with Crippen molar-refractivity contribution in [2.45, 2.75) is 26.5 Å². The van der Waals surface area contributed by atoms with Gasteiger partial charge in [0.15, 0.2) is 11.8 Å². The van der Waals surface area contributed by atoms with E-state index in [2.05, 4.69) is 15.4 Å². The molecule has 0 fully saturated rings. The Kier molecular flexibility index (Phi) is 6.07. The van der Waals surface area contributed by atoms with E-state index in [-0.39, 0.29) is 5.91 Å². The van der Waals surface area contributed by atoms with E-state index in [1.807, 2.05) is 74.6 Å². The van der Waals surface area contributed by atoms with Gasteiger partial charge in [-0.2, -0.15) is 10.1 Å². The molecule has 0 aliphatic heterocycles. The van der Waals surface area contributed by atoms with Crippen molar-refractivity contribution in [3.05, 3.63) is 71.9 Å². The van der Waals surface area contributed by atoms with Gasteiger partial charge in [0.05, 0.1) is 18.2 Å². The van der Waals surface area contributed by atoms with Crippen molar-refractivity contribution in [2.24, 2.45) is 7.05 Å². The van der Waals surface area contributed by atoms with Gasteiger partial charge in [-0.25, -0.2) is 0 Å². The van der Waals surface area contributed by atoms with Crippen LogP contribution in [0.1, 0.15) is 18.2 Å². The molecule has 32 heavy (non-hydrogen) atoms. The van der Waals surface area contributed by atoms with E-state index >= 15 is 0 Å². The molecule has 0 radical (unpaired) electrons. The van der Waals surface area contributed by atoms with Gasteiger partial charge in [0.2, 0.25) is 5.88 Å². The fourth-order valence-corrected chi connectivity index (χ4v) is 3.68. The maximum atomic E-state index is 12.7. The van der Waals surface area contributed by atoms with Gasteiger partial charge >= 0.3 is 0 Å². The summed E-state index contributed by atoms with van der Waals surface area (Å²) in [6.45, 7) is 4.06. The summed E-state index contributed by atoms with van der Waals surface area (Å²) in [6.07, 6.45) is -0.719. The van der Waals surface area contributed by atoms with Crippen LogP contribution in [-0.2, 0) is 18.4 Å². The standard InChI is InChI=1S/C25H26N4O3/c1-16-23-21(19-10-6-5-7-11-19)14-22(27-24(23)29(3)28-16)32-17(2)25(30)26-15-18-9-8-12-20(13-18)31-4/h5-14,17H,15H2,1-4H3,(H,26,30)/t17-/m1/s1. The number of nitrogens with zero attached hydrogens (tertiary/aromatic N) is 3. The van der Waals surface area contributed by atoms with Crippen LogP contribution in [0.2, 0.25) is 0 Å². The van der Waals surface area contributed by atoms with Crippen LogP contribution in [0.4, 0.5) is 0 Å². The molecule has 1 N–H and O–H groups in total. The highest BCUT2D eigenvalue weighted by Crippen LogP contribution is 2.33. The second kappa shape index (κ2) is 9.09. The number of pyridine rings is 1. The molecule has 7 heteroatoms. The Bertz CT molecular complexity index is 1250. The summed E-state index contributed by atoms with van der Waals surface area (Å²) in [4.78, 5) is 17.3. The number of amides is 1. The zero-order valence-corrected chi connectivity index (χ0v) is 18.6. The molecule has 2 aromatic heterocycles. The van der Waals surface area contributed by atoms with E-state index in [0.29, 0.717) is 18.1 Å². The predicted octanol–water partition coefficient (Wildman–Crippen LogP) is 4.04. The molecular formula is C25H26N4O3. The molecule has 1 amide bonds. The van der Waals surface area contributed by atoms with Crippen molar-refractivity contribution in [1.82, 2.24) is 20.1 Å². The summed E-state index contributed by atoms with van der Waals surface area (Å²) in [5.41, 5.74) is 4.56. The molecule has 0 unspecified atom stereocenters. The molecule has 0 saturated heterocycles. The first kappa shape index (κ1) is 21.4. The van der Waals surface area contributed by atoms with Gasteiger partial charge in [-0.3, -0.25) is 9.48 Å². The number of nitrogens with one attached hydrogen (secondary N) is 1. The smallest absolute Gasteiger partial charge is 0.261 e. The van der Waals surface area contributed by atoms with E-state index in [4.69, 9.17) is 9.47 Å². The van der Waals surface area contributed by atoms with Gasteiger partial charge in [-0.05, 0) is 42.7 Å². The van der Waals surface area contributed by atoms with Gasteiger partial charge in [-0.15, -0.1) is 0 Å². The Morgan fingerprint density at radius 1 is 1.12 bits per heavy atom. The maximum Gasteiger partial charge on any atom is 0.261 e. The summed E-state index contributed by atoms with van der Waals surface area (Å²) in [6, 6.07) is 19.5. The molecule has 0 spiro atoms. The maximum absolute atomic E-state index is 12.7. The summed E-state index contributed by atoms with van der Waals surface area (Å²) in [5.74, 6) is 0.902. The van der Waals surface area contributed by atoms with E-state index in [1.165, 1.54) is 0 Å². The third kappa shape index (κ3) is 4.42. The fraction of sp³-hybridized carbons (Fsp3) is 0.240. The lowest BCUT2D eigenvalue weighted by Gasteiger charge is -2.16. The molecule has 7 nitrogen and oxygen atoms in total. The first-order chi connectivity index (χ1) is 15.5. The molecule has 2 aromatic carbocycles. The highest BCUT2D eigenvalue weighted by molar-refractivity contribution is 5.95. The second-order valence-electron chi connectivity index (χ2n) is 7.61. The molecular weight excluding hydrogens is 404 g/mol. The zero-order chi connectivity index (χ0) is 22.7.